The molecular weight excluding hydrogens is 1870 g/mol. The molecule has 0 aromatic heterocycles. The van der Waals surface area contributed by atoms with Gasteiger partial charge in [0.25, 0.3) is 0 Å². The van der Waals surface area contributed by atoms with Crippen LogP contribution in [0.1, 0.15) is 323 Å². The molecular formula is C91H160N2O43P2-6. The lowest BCUT2D eigenvalue weighted by molar-refractivity contribution is -0.430. The molecule has 0 aromatic carbocycles. The summed E-state index contributed by atoms with van der Waals surface area (Å²) in [6.45, 7) is 0.909. The van der Waals surface area contributed by atoms with Crippen molar-refractivity contribution in [3.05, 3.63) is 0 Å². The predicted molar refractivity (Wildman–Crippen MR) is 472 cm³/mol. The van der Waals surface area contributed by atoms with E-state index in [0.29, 0.717) is 57.8 Å². The van der Waals surface area contributed by atoms with E-state index in [-0.39, 0.29) is 25.7 Å². The van der Waals surface area contributed by atoms with Gasteiger partial charge in [-0.25, -0.2) is 0 Å². The summed E-state index contributed by atoms with van der Waals surface area (Å²) in [4.78, 5) is 139. The summed E-state index contributed by atoms with van der Waals surface area (Å²) in [5, 5.41) is 211. The van der Waals surface area contributed by atoms with Gasteiger partial charge in [-0.15, -0.1) is 0 Å². The predicted octanol–water partition coefficient (Wildman–Crippen LogP) is -1.80. The van der Waals surface area contributed by atoms with E-state index in [9.17, 15) is 149 Å². The van der Waals surface area contributed by atoms with Crippen LogP contribution < -0.4 is 40.4 Å². The fourth-order valence-electron chi connectivity index (χ4n) is 17.9. The number of nitrogens with one attached hydrogen (secondary N) is 2. The Morgan fingerprint density at radius 3 is 1.16 bits per heavy atom. The Bertz CT molecular complexity index is 3490. The number of phosphoric acid groups is 2. The number of rotatable bonds is 74. The Kier molecular flexibility index (Phi) is 59.2. The highest BCUT2D eigenvalue weighted by molar-refractivity contribution is 7.43. The number of unbranched alkanes of at least 4 members (excludes halogenated alkanes) is 32. The molecule has 18 N–H and O–H groups in total. The van der Waals surface area contributed by atoms with E-state index in [1.165, 1.54) is 0 Å². The van der Waals surface area contributed by atoms with Crippen molar-refractivity contribution in [3.8, 4) is 0 Å². The van der Waals surface area contributed by atoms with Gasteiger partial charge < -0.3 is 202 Å². The number of aliphatic hydroxyl groups is 16. The van der Waals surface area contributed by atoms with Gasteiger partial charge in [0.05, 0.1) is 111 Å². The molecule has 5 aliphatic rings. The number of phosphoric ester groups is 2. The summed E-state index contributed by atoms with van der Waals surface area (Å²) in [6.07, 6.45) is -36.9. The number of carboxylic acid groups (broad SMARTS) is 2. The van der Waals surface area contributed by atoms with E-state index in [1.54, 1.807) is 0 Å². The quantitative estimate of drug-likeness (QED) is 0.0181. The normalized spacial score (nSPS) is 30.3. The molecule has 0 radical (unpaired) electrons. The number of amides is 2. The Labute approximate surface area is 808 Å². The summed E-state index contributed by atoms with van der Waals surface area (Å²) in [5.41, 5.74) is 0. The van der Waals surface area contributed by atoms with Crippen LogP contribution >= 0.6 is 15.6 Å². The first-order valence-corrected chi connectivity index (χ1v) is 52.9. The highest BCUT2D eigenvalue weighted by Gasteiger charge is 2.62. The number of hydrogen-bond donors (Lipinski definition) is 18. The second-order valence-electron chi connectivity index (χ2n) is 37.4. The van der Waals surface area contributed by atoms with E-state index in [1.807, 2.05) is 0 Å². The molecule has 0 spiro atoms. The maximum atomic E-state index is 14.8. The second-order valence-corrected chi connectivity index (χ2v) is 39.7. The topological polar surface area (TPSA) is 743 Å². The molecule has 47 heteroatoms. The number of carboxylic acids is 2. The fourth-order valence-corrected chi connectivity index (χ4v) is 18.9. The maximum absolute atomic E-state index is 14.8. The third-order valence-electron chi connectivity index (χ3n) is 25.7. The summed E-state index contributed by atoms with van der Waals surface area (Å²) in [7, 11) is -13.2. The Morgan fingerprint density at radius 2 is 0.754 bits per heavy atom. The van der Waals surface area contributed by atoms with Gasteiger partial charge in [0, 0.05) is 12.8 Å². The summed E-state index contributed by atoms with van der Waals surface area (Å²) in [6, 6.07) is -4.68. The number of esters is 2. The van der Waals surface area contributed by atoms with E-state index in [4.69, 9.17) is 61.2 Å². The van der Waals surface area contributed by atoms with Gasteiger partial charge in [-0.2, -0.15) is 0 Å². The van der Waals surface area contributed by atoms with Gasteiger partial charge in [0.2, 0.25) is 23.4 Å². The third kappa shape index (κ3) is 43.6. The largest absolute Gasteiger partial charge is 0.790 e. The average molecular weight is 2030 g/mol. The zero-order valence-corrected chi connectivity index (χ0v) is 82.1. The van der Waals surface area contributed by atoms with Gasteiger partial charge in [-0.3, -0.25) is 19.2 Å². The van der Waals surface area contributed by atoms with Crippen LogP contribution in [0, 0.1) is 0 Å². The first-order chi connectivity index (χ1) is 65.6. The zero-order valence-electron chi connectivity index (χ0n) is 80.3. The minimum absolute atomic E-state index is 0.0301. The minimum Gasteiger partial charge on any atom is -0.790 e. The molecule has 0 bridgehead atoms. The van der Waals surface area contributed by atoms with Crippen LogP contribution in [0.15, 0.2) is 0 Å². The van der Waals surface area contributed by atoms with E-state index in [2.05, 4.69) is 38.3 Å². The Hall–Kier alpha value is -3.96. The first-order valence-electron chi connectivity index (χ1n) is 50.0. The summed E-state index contributed by atoms with van der Waals surface area (Å²) in [5.74, 6) is -18.1. The smallest absolute Gasteiger partial charge is 0.308 e. The van der Waals surface area contributed by atoms with Crippen LogP contribution in [-0.2, 0) is 99.1 Å². The molecule has 5 heterocycles. The summed E-state index contributed by atoms with van der Waals surface area (Å²) >= 11 is 0. The Balaban J connectivity index is 1.74. The molecule has 30 atom stereocenters. The maximum Gasteiger partial charge on any atom is 0.308 e. The van der Waals surface area contributed by atoms with Gasteiger partial charge in [-0.05, 0) is 25.7 Å². The zero-order chi connectivity index (χ0) is 102. The van der Waals surface area contributed by atoms with E-state index >= 15 is 0 Å². The SMILES string of the molecule is CCCCCCCCCCC[C@@H](O)CC(=O)N[C@H]1[C@H](OC[C@H]2O[C@H](OP(=O)([O-])[O-])[C@H](NC(=O)C[C@H](O)CCCCCCCCCCC)[C@@H](OC(=O)C[C@H](O)CCCCCCCCCCC)[C@@H]2O)O[C@H](CO[C@]2(C(=O)[O-])C[C@@H](O[C@]3(C(=O)[O-])C[C@@H](O)[C@@H](O)[C@@H]([C@H](O)CO)O3)[C@@H](O[C@H]3O[C@H]([C@@H](O)CO)[C@@H](O)[C@H](O)[C@@H]3O)[C@@H]([C@H](O)CO)O2)[C@@H](OP(=O)([O-])[O-])[C@@H]1OC(=O)C[C@H](O)CCCCCCCCCCC. The molecule has 138 heavy (non-hydrogen) atoms. The standard InChI is InChI=1S/C91H166N2O43P2/c1-5-9-13-17-21-25-29-33-37-41-56(97)45-67(105)92-71-83(128-69(107)47-58(99)43-39-35-31-27-23-19-15-11-7-3)74(110)65(126-86(71)136-138(121,122)123)54-124-85-72(93-68(106)46-57(98)42-38-34-30-26-22-18-14-10-6-2)84(129-70(108)48-59(100)44-40-36-32-28-24-20-16-12-8-4)82(135-137(118,119)120)66(127-85)55-125-90(88(114)115)50-64(132-91(89(116)117)49-60(101)73(109)79(133-91)62(103)52-95)81(80(134-90)63(104)53-96)131-87-77(113)75(111)76(112)78(130-87)61(102)51-94/h56-66,71-87,94-104,109-113H,5-55H2,1-4H3,(H,92,105)(H,93,106)(H,114,115)(H,116,117)(H2,118,119,120)(H2,121,122,123)/p-6/t56-,57-,58-,59-,60-,61+,62-,63-,64-,65-,66-,71-,72-,73-,74-,75+,76+,77+,78-,79-,80-,81-,82-,83-,84-,85-,86-,87-,90-,91-/m1/s1. The van der Waals surface area contributed by atoms with Gasteiger partial charge >= 0.3 is 11.9 Å². The third-order valence-corrected chi connectivity index (χ3v) is 26.7. The van der Waals surface area contributed by atoms with Gasteiger partial charge in [0.15, 0.2) is 31.1 Å². The lowest BCUT2D eigenvalue weighted by Gasteiger charge is -2.54. The van der Waals surface area contributed by atoms with Crippen LogP contribution in [0.5, 0.6) is 0 Å². The molecule has 0 aliphatic carbocycles. The molecule has 0 aromatic rings. The van der Waals surface area contributed by atoms with Crippen LogP contribution in [0.4, 0.5) is 0 Å². The van der Waals surface area contributed by atoms with Crippen molar-refractivity contribution in [1.29, 1.82) is 0 Å². The van der Waals surface area contributed by atoms with Crippen LogP contribution in [-0.4, -0.2) is 333 Å². The highest BCUT2D eigenvalue weighted by atomic mass is 31.2. The summed E-state index contributed by atoms with van der Waals surface area (Å²) < 4.78 is 102. The minimum atomic E-state index is -6.75. The number of aliphatic hydroxyl groups excluding tert-OH is 16. The molecule has 808 valence electrons. The van der Waals surface area contributed by atoms with Crippen molar-refractivity contribution in [2.75, 3.05) is 33.0 Å². The monoisotopic (exact) mass is 2030 g/mol. The van der Waals surface area contributed by atoms with Gasteiger partial charge in [-0.1, -0.05) is 259 Å². The molecule has 0 saturated carbocycles. The molecule has 5 rings (SSSR count). The van der Waals surface area contributed by atoms with Crippen LogP contribution in [0.2, 0.25) is 0 Å². The van der Waals surface area contributed by atoms with E-state index in [0.717, 1.165) is 173 Å². The first kappa shape index (κ1) is 125. The number of carbonyl (C=O) groups is 6. The average Bonchev–Trinajstić information content (AvgIpc) is 0.741. The molecule has 5 aliphatic heterocycles. The van der Waals surface area contributed by atoms with E-state index < -0.39 is 306 Å². The molecule has 5 saturated heterocycles. The van der Waals surface area contributed by atoms with Crippen molar-refractivity contribution in [2.45, 2.75) is 506 Å². The van der Waals surface area contributed by atoms with Crippen molar-refractivity contribution >= 4 is 51.3 Å². The van der Waals surface area contributed by atoms with Crippen molar-refractivity contribution in [3.63, 3.8) is 0 Å². The lowest BCUT2D eigenvalue weighted by atomic mass is 9.89. The van der Waals surface area contributed by atoms with Crippen LogP contribution in [0.3, 0.4) is 0 Å². The molecule has 0 unspecified atom stereocenters. The van der Waals surface area contributed by atoms with Crippen molar-refractivity contribution in [2.24, 2.45) is 0 Å². The molecule has 5 fully saturated rings. The highest BCUT2D eigenvalue weighted by Crippen LogP contribution is 2.45. The van der Waals surface area contributed by atoms with Crippen molar-refractivity contribution in [1.82, 2.24) is 10.6 Å². The molecule has 2 amide bonds. The number of aliphatic carboxylic acids is 2. The van der Waals surface area contributed by atoms with Crippen LogP contribution in [0.25, 0.3) is 0 Å². The Morgan fingerprint density at radius 1 is 0.384 bits per heavy atom. The molecule has 45 nitrogen and oxygen atoms in total. The fraction of sp³-hybridized carbons (Fsp3) is 0.934. The van der Waals surface area contributed by atoms with Gasteiger partial charge in [0.1, 0.15) is 116 Å². The number of ether oxygens (including phenoxy) is 11. The number of carbonyl (C=O) groups excluding carboxylic acids is 6. The number of hydrogen-bond acceptors (Lipinski definition) is 43. The second kappa shape index (κ2) is 65.6. The lowest BCUT2D eigenvalue weighted by Crippen LogP contribution is -2.72. The van der Waals surface area contributed by atoms with Crippen molar-refractivity contribution < 1.29 is 211 Å².